The van der Waals surface area contributed by atoms with Gasteiger partial charge >= 0.3 is 0 Å². The standard InChI is InChI=1S/C12H25N3/c1-11(9-13)15-7-5-14(6-8-15)10-12-3-2-4-12/h11-12H,2-10,13H2,1H3. The first kappa shape index (κ1) is 11.4. The number of nitrogens with two attached hydrogens (primary N) is 1. The third kappa shape index (κ3) is 2.92. The number of piperazine rings is 1. The van der Waals surface area contributed by atoms with E-state index in [4.69, 9.17) is 5.73 Å². The van der Waals surface area contributed by atoms with Gasteiger partial charge in [-0.1, -0.05) is 6.42 Å². The second-order valence-electron chi connectivity index (χ2n) is 5.22. The lowest BCUT2D eigenvalue weighted by atomic mass is 9.85. The van der Waals surface area contributed by atoms with Gasteiger partial charge in [-0.2, -0.15) is 0 Å². The van der Waals surface area contributed by atoms with E-state index in [1.54, 1.807) is 0 Å². The Morgan fingerprint density at radius 3 is 2.33 bits per heavy atom. The van der Waals surface area contributed by atoms with Crippen molar-refractivity contribution in [3.8, 4) is 0 Å². The molecule has 3 nitrogen and oxygen atoms in total. The topological polar surface area (TPSA) is 32.5 Å². The van der Waals surface area contributed by atoms with Gasteiger partial charge in [-0.25, -0.2) is 0 Å². The van der Waals surface area contributed by atoms with Crippen LogP contribution in [0.1, 0.15) is 26.2 Å². The van der Waals surface area contributed by atoms with E-state index in [0.717, 1.165) is 12.5 Å². The fraction of sp³-hybridized carbons (Fsp3) is 1.00. The molecule has 2 fully saturated rings. The average molecular weight is 211 g/mol. The van der Waals surface area contributed by atoms with E-state index >= 15 is 0 Å². The number of hydrogen-bond donors (Lipinski definition) is 1. The third-order valence-corrected chi connectivity index (χ3v) is 4.11. The van der Waals surface area contributed by atoms with Gasteiger partial charge in [-0.3, -0.25) is 4.90 Å². The highest BCUT2D eigenvalue weighted by molar-refractivity contribution is 4.80. The first-order chi connectivity index (χ1) is 7.29. The van der Waals surface area contributed by atoms with Crippen LogP contribution in [-0.4, -0.2) is 55.1 Å². The van der Waals surface area contributed by atoms with Crippen LogP contribution < -0.4 is 5.73 Å². The van der Waals surface area contributed by atoms with Gasteiger partial charge < -0.3 is 10.6 Å². The zero-order valence-corrected chi connectivity index (χ0v) is 9.99. The fourth-order valence-corrected chi connectivity index (χ4v) is 2.58. The van der Waals surface area contributed by atoms with Crippen LogP contribution in [0.3, 0.4) is 0 Å². The first-order valence-electron chi connectivity index (χ1n) is 6.46. The van der Waals surface area contributed by atoms with Crippen molar-refractivity contribution in [1.29, 1.82) is 0 Å². The Hall–Kier alpha value is -0.120. The van der Waals surface area contributed by atoms with E-state index in [9.17, 15) is 0 Å². The molecule has 15 heavy (non-hydrogen) atoms. The third-order valence-electron chi connectivity index (χ3n) is 4.11. The molecule has 1 atom stereocenters. The monoisotopic (exact) mass is 211 g/mol. The SMILES string of the molecule is CC(CN)N1CCN(CC2CCC2)CC1. The zero-order chi connectivity index (χ0) is 10.7. The van der Waals surface area contributed by atoms with E-state index in [2.05, 4.69) is 16.7 Å². The van der Waals surface area contributed by atoms with Crippen LogP contribution in [0.25, 0.3) is 0 Å². The number of rotatable bonds is 4. The molecule has 1 heterocycles. The van der Waals surface area contributed by atoms with Gasteiger partial charge in [0.2, 0.25) is 0 Å². The molecule has 0 bridgehead atoms. The average Bonchev–Trinajstić information content (AvgIpc) is 2.23. The molecular weight excluding hydrogens is 186 g/mol. The smallest absolute Gasteiger partial charge is 0.0191 e. The van der Waals surface area contributed by atoms with Gasteiger partial charge in [0.15, 0.2) is 0 Å². The van der Waals surface area contributed by atoms with Crippen LogP contribution in [0.15, 0.2) is 0 Å². The summed E-state index contributed by atoms with van der Waals surface area (Å²) in [6, 6.07) is 0.566. The van der Waals surface area contributed by atoms with Crippen molar-refractivity contribution < 1.29 is 0 Å². The van der Waals surface area contributed by atoms with Crippen LogP contribution in [0.5, 0.6) is 0 Å². The summed E-state index contributed by atoms with van der Waals surface area (Å²) in [6.45, 7) is 9.31. The van der Waals surface area contributed by atoms with Crippen molar-refractivity contribution in [3.05, 3.63) is 0 Å². The van der Waals surface area contributed by atoms with Crippen molar-refractivity contribution in [2.24, 2.45) is 11.7 Å². The Bertz CT molecular complexity index is 183. The van der Waals surface area contributed by atoms with E-state index in [-0.39, 0.29) is 0 Å². The molecule has 3 heteroatoms. The van der Waals surface area contributed by atoms with Crippen molar-refractivity contribution in [3.63, 3.8) is 0 Å². The number of nitrogens with zero attached hydrogens (tertiary/aromatic N) is 2. The minimum absolute atomic E-state index is 0.566. The fourth-order valence-electron chi connectivity index (χ4n) is 2.58. The molecule has 0 amide bonds. The van der Waals surface area contributed by atoms with Gasteiger partial charge in [0, 0.05) is 45.3 Å². The molecule has 1 saturated carbocycles. The predicted molar refractivity (Wildman–Crippen MR) is 63.9 cm³/mol. The molecule has 1 aliphatic carbocycles. The summed E-state index contributed by atoms with van der Waals surface area (Å²) in [4.78, 5) is 5.17. The Kier molecular flexibility index (Phi) is 4.00. The Labute approximate surface area is 93.6 Å². The quantitative estimate of drug-likeness (QED) is 0.745. The lowest BCUT2D eigenvalue weighted by Gasteiger charge is -2.40. The van der Waals surface area contributed by atoms with Crippen LogP contribution in [0.4, 0.5) is 0 Å². The molecule has 0 aromatic rings. The highest BCUT2D eigenvalue weighted by Gasteiger charge is 2.24. The van der Waals surface area contributed by atoms with Crippen molar-refractivity contribution in [1.82, 2.24) is 9.80 Å². The summed E-state index contributed by atoms with van der Waals surface area (Å²) < 4.78 is 0. The van der Waals surface area contributed by atoms with Crippen LogP contribution in [-0.2, 0) is 0 Å². The maximum absolute atomic E-state index is 5.69. The molecule has 1 aliphatic heterocycles. The van der Waals surface area contributed by atoms with Crippen LogP contribution in [0, 0.1) is 5.92 Å². The van der Waals surface area contributed by atoms with Crippen LogP contribution in [0.2, 0.25) is 0 Å². The lowest BCUT2D eigenvalue weighted by molar-refractivity contribution is 0.0814. The van der Waals surface area contributed by atoms with Crippen molar-refractivity contribution in [2.45, 2.75) is 32.2 Å². The van der Waals surface area contributed by atoms with Crippen molar-refractivity contribution >= 4 is 0 Å². The molecule has 0 aromatic heterocycles. The maximum Gasteiger partial charge on any atom is 0.0191 e. The summed E-state index contributed by atoms with van der Waals surface area (Å²) in [7, 11) is 0. The van der Waals surface area contributed by atoms with E-state index in [1.807, 2.05) is 0 Å². The van der Waals surface area contributed by atoms with Crippen LogP contribution >= 0.6 is 0 Å². The minimum atomic E-state index is 0.566. The Balaban J connectivity index is 1.67. The molecule has 2 N–H and O–H groups in total. The molecule has 88 valence electrons. The van der Waals surface area contributed by atoms with Gasteiger partial charge in [0.05, 0.1) is 0 Å². The van der Waals surface area contributed by atoms with Gasteiger partial charge in [0.1, 0.15) is 0 Å². The van der Waals surface area contributed by atoms with Gasteiger partial charge in [-0.05, 0) is 25.7 Å². The molecule has 2 rings (SSSR count). The summed E-state index contributed by atoms with van der Waals surface area (Å²) in [6.07, 6.45) is 4.41. The molecule has 0 spiro atoms. The summed E-state index contributed by atoms with van der Waals surface area (Å²) in [5.41, 5.74) is 5.69. The molecular formula is C12H25N3. The maximum atomic E-state index is 5.69. The highest BCUT2D eigenvalue weighted by Crippen LogP contribution is 2.27. The minimum Gasteiger partial charge on any atom is -0.329 e. The predicted octanol–water partition coefficient (Wildman–Crippen LogP) is 0.751. The highest BCUT2D eigenvalue weighted by atomic mass is 15.3. The summed E-state index contributed by atoms with van der Waals surface area (Å²) >= 11 is 0. The van der Waals surface area contributed by atoms with E-state index in [0.29, 0.717) is 6.04 Å². The zero-order valence-electron chi connectivity index (χ0n) is 9.99. The molecule has 1 unspecified atom stereocenters. The normalized spacial score (nSPS) is 27.6. The molecule has 0 aromatic carbocycles. The van der Waals surface area contributed by atoms with Gasteiger partial charge in [-0.15, -0.1) is 0 Å². The summed E-state index contributed by atoms with van der Waals surface area (Å²) in [5, 5.41) is 0. The van der Waals surface area contributed by atoms with Crippen molar-refractivity contribution in [2.75, 3.05) is 39.3 Å². The van der Waals surface area contributed by atoms with E-state index < -0.39 is 0 Å². The molecule has 0 radical (unpaired) electrons. The second-order valence-corrected chi connectivity index (χ2v) is 5.22. The first-order valence-corrected chi connectivity index (χ1v) is 6.46. The number of hydrogen-bond acceptors (Lipinski definition) is 3. The lowest BCUT2D eigenvalue weighted by Crippen LogP contribution is -2.52. The molecule has 2 aliphatic rings. The molecule has 1 saturated heterocycles. The largest absolute Gasteiger partial charge is 0.329 e. The van der Waals surface area contributed by atoms with Gasteiger partial charge in [0.25, 0.3) is 0 Å². The Morgan fingerprint density at radius 1 is 1.20 bits per heavy atom. The summed E-state index contributed by atoms with van der Waals surface area (Å²) in [5.74, 6) is 1.02. The second kappa shape index (κ2) is 5.28. The van der Waals surface area contributed by atoms with E-state index in [1.165, 1.54) is 52.0 Å². The Morgan fingerprint density at radius 2 is 1.87 bits per heavy atom.